The Morgan fingerprint density at radius 2 is 1.25 bits per heavy atom. The third-order valence-corrected chi connectivity index (χ3v) is 14.1. The van der Waals surface area contributed by atoms with E-state index in [0.29, 0.717) is 49.9 Å². The first kappa shape index (κ1) is 65.5. The fraction of sp³-hybridized carbons (Fsp3) is 0.481. The number of carboxylic acids is 1. The van der Waals surface area contributed by atoms with Gasteiger partial charge < -0.3 is 74.0 Å². The molecule has 0 bridgehead atoms. The maximum atomic E-state index is 13.9. The van der Waals surface area contributed by atoms with Gasteiger partial charge >= 0.3 is 5.97 Å². The highest BCUT2D eigenvalue weighted by Crippen LogP contribution is 2.29. The molecule has 8 atom stereocenters. The van der Waals surface area contributed by atoms with Gasteiger partial charge in [0, 0.05) is 45.1 Å². The van der Waals surface area contributed by atoms with Crippen molar-refractivity contribution in [1.29, 1.82) is 5.41 Å². The number of non-ortho nitro benzene ring substituents is 1. The van der Waals surface area contributed by atoms with Crippen molar-refractivity contribution in [1.82, 2.24) is 47.0 Å². The van der Waals surface area contributed by atoms with Gasteiger partial charge in [-0.2, -0.15) is 0 Å². The number of nitrogens with one attached hydrogen (secondary N) is 9. The zero-order chi connectivity index (χ0) is 61.5. The predicted octanol–water partition coefficient (Wildman–Crippen LogP) is -1.22. The number of carbonyl (C=O) groups is 9. The predicted molar refractivity (Wildman–Crippen MR) is 302 cm³/mol. The molecule has 2 saturated heterocycles. The van der Waals surface area contributed by atoms with E-state index in [-0.39, 0.29) is 69.7 Å². The number of unbranched alkanes of at least 4 members (excludes halogenated alkanes) is 1. The van der Waals surface area contributed by atoms with Gasteiger partial charge in [0.1, 0.15) is 48.0 Å². The van der Waals surface area contributed by atoms with Crippen molar-refractivity contribution in [3.05, 3.63) is 110 Å². The summed E-state index contributed by atoms with van der Waals surface area (Å²) >= 11 is 0. The summed E-state index contributed by atoms with van der Waals surface area (Å²) in [6.07, 6.45) is 2.49. The van der Waals surface area contributed by atoms with Crippen molar-refractivity contribution in [2.75, 3.05) is 44.6 Å². The van der Waals surface area contributed by atoms with Gasteiger partial charge in [-0.05, 0) is 81.9 Å². The van der Waals surface area contributed by atoms with E-state index < -0.39 is 136 Å². The molecule has 0 aliphatic carbocycles. The summed E-state index contributed by atoms with van der Waals surface area (Å²) in [5, 5.41) is 70.6. The molecule has 454 valence electrons. The minimum atomic E-state index is -1.69. The Labute approximate surface area is 482 Å². The molecule has 5 rings (SSSR count). The Kier molecular flexibility index (Phi) is 25.2. The maximum Gasteiger partial charge on any atom is 0.326 e. The van der Waals surface area contributed by atoms with Crippen molar-refractivity contribution < 1.29 is 63.2 Å². The summed E-state index contributed by atoms with van der Waals surface area (Å²) < 4.78 is 0. The van der Waals surface area contributed by atoms with Crippen LogP contribution in [-0.4, -0.2) is 177 Å². The molecule has 8 amide bonds. The molecule has 0 aromatic heterocycles. The highest BCUT2D eigenvalue weighted by molar-refractivity contribution is 5.98. The lowest BCUT2D eigenvalue weighted by Crippen LogP contribution is -2.59. The van der Waals surface area contributed by atoms with Gasteiger partial charge in [0.2, 0.25) is 47.3 Å². The molecule has 2 aliphatic rings. The number of nitro benzene ring substituents is 2. The molecule has 3 aromatic rings. The molecule has 30 heteroatoms. The van der Waals surface area contributed by atoms with E-state index in [1.807, 2.05) is 0 Å². The van der Waals surface area contributed by atoms with Crippen LogP contribution in [0.25, 0.3) is 0 Å². The van der Waals surface area contributed by atoms with Crippen LogP contribution in [-0.2, 0) is 56.0 Å². The Hall–Kier alpha value is -9.32. The number of hydrogen-bond acceptors (Lipinski definition) is 17. The van der Waals surface area contributed by atoms with Crippen LogP contribution < -0.4 is 54.0 Å². The van der Waals surface area contributed by atoms with Gasteiger partial charge in [0.05, 0.1) is 35.1 Å². The molecule has 0 spiro atoms. The van der Waals surface area contributed by atoms with Gasteiger partial charge in [-0.1, -0.05) is 60.7 Å². The van der Waals surface area contributed by atoms with Gasteiger partial charge in [0.25, 0.3) is 11.4 Å². The van der Waals surface area contributed by atoms with Crippen molar-refractivity contribution in [2.45, 2.75) is 126 Å². The molecular weight excluding hydrogens is 1100 g/mol. The number of aliphatic hydroxyl groups is 1. The summed E-state index contributed by atoms with van der Waals surface area (Å²) in [7, 11) is 0. The molecular formula is C54H73N15O15. The van der Waals surface area contributed by atoms with Crippen LogP contribution in [0.5, 0.6) is 0 Å². The maximum absolute atomic E-state index is 13.9. The average Bonchev–Trinajstić information content (AvgIpc) is 4.34. The zero-order valence-electron chi connectivity index (χ0n) is 46.3. The lowest BCUT2D eigenvalue weighted by molar-refractivity contribution is -0.393. The smallest absolute Gasteiger partial charge is 0.326 e. The Bertz CT molecular complexity index is 2850. The molecule has 2 aliphatic heterocycles. The second-order valence-corrected chi connectivity index (χ2v) is 20.3. The number of anilines is 1. The molecule has 2 heterocycles. The summed E-state index contributed by atoms with van der Waals surface area (Å²) in [5.74, 6) is -7.68. The number of amides is 8. The second kappa shape index (κ2) is 32.4. The molecule has 0 unspecified atom stereocenters. The van der Waals surface area contributed by atoms with E-state index in [4.69, 9.17) is 16.9 Å². The van der Waals surface area contributed by atoms with Gasteiger partial charge in [-0.3, -0.25) is 64.0 Å². The van der Waals surface area contributed by atoms with Crippen molar-refractivity contribution in [2.24, 2.45) is 11.5 Å². The summed E-state index contributed by atoms with van der Waals surface area (Å²) in [4.78, 5) is 146. The van der Waals surface area contributed by atoms with Gasteiger partial charge in [-0.15, -0.1) is 0 Å². The number of nitrogens with zero attached hydrogens (tertiary/aromatic N) is 4. The van der Waals surface area contributed by atoms with Gasteiger partial charge in [-0.25, -0.2) is 4.79 Å². The molecule has 84 heavy (non-hydrogen) atoms. The first-order valence-corrected chi connectivity index (χ1v) is 27.4. The quantitative estimate of drug-likeness (QED) is 0.0115. The van der Waals surface area contributed by atoms with Gasteiger partial charge in [0.15, 0.2) is 5.96 Å². The van der Waals surface area contributed by atoms with Crippen molar-refractivity contribution >= 4 is 76.2 Å². The number of aliphatic hydroxyl groups excluding tert-OH is 1. The molecule has 3 aromatic carbocycles. The number of guanidine groups is 1. The summed E-state index contributed by atoms with van der Waals surface area (Å²) in [5.41, 5.74) is 11.7. The lowest BCUT2D eigenvalue weighted by Gasteiger charge is -2.32. The van der Waals surface area contributed by atoms with Crippen LogP contribution in [0.1, 0.15) is 75.8 Å². The fourth-order valence-corrected chi connectivity index (χ4v) is 9.61. The number of nitrogens with two attached hydrogens (primary N) is 2. The molecule has 0 saturated carbocycles. The topological polar surface area (TPSA) is 459 Å². The van der Waals surface area contributed by atoms with Crippen LogP contribution in [0.2, 0.25) is 0 Å². The lowest BCUT2D eigenvalue weighted by atomic mass is 10.0. The third-order valence-electron chi connectivity index (χ3n) is 14.1. The van der Waals surface area contributed by atoms with Crippen molar-refractivity contribution in [3.63, 3.8) is 0 Å². The normalized spacial score (nSPS) is 16.7. The standard InChI is InChI=1S/C54H73N15O15/c1-32(46(72)64-40(28-34-15-6-3-7-16-34)48(74)63-38(53(79)80)18-8-9-23-58-37-22-21-35(68(81)82)29-44(37)69(83)84)61-49(75)41(31-70)65-47(73)39(27-33-13-4-2-5-14-33)62-45(71)30-60-50(76)42-19-11-25-66(42)52(78)43-20-12-26-67(43)51(77)36(55)17-10-24-59-54(56)57/h2-7,13-16,21-22,29,32,36,38-43,58,70H,8-12,17-20,23-28,30-31,55H2,1H3,(H,60,76)(H,61,75)(H,62,71)(H,63,74)(H,64,72)(H,65,73)(H,79,80)(H4,56,57,59)/t32-,36-,38-,39-,40-,41-,42-,43-/m0/s1. The van der Waals surface area contributed by atoms with E-state index in [1.54, 1.807) is 60.7 Å². The van der Waals surface area contributed by atoms with Crippen LogP contribution in [0, 0.1) is 25.6 Å². The molecule has 30 nitrogen and oxygen atoms in total. The van der Waals surface area contributed by atoms with E-state index in [1.165, 1.54) is 22.8 Å². The molecule has 15 N–H and O–H groups in total. The van der Waals surface area contributed by atoms with E-state index >= 15 is 0 Å². The van der Waals surface area contributed by atoms with Crippen molar-refractivity contribution in [3.8, 4) is 0 Å². The minimum absolute atomic E-state index is 0.0104. The first-order chi connectivity index (χ1) is 40.1. The first-order valence-electron chi connectivity index (χ1n) is 27.4. The molecule has 2 fully saturated rings. The zero-order valence-corrected chi connectivity index (χ0v) is 46.3. The Balaban J connectivity index is 1.16. The Morgan fingerprint density at radius 3 is 1.83 bits per heavy atom. The SMILES string of the molecule is C[C@H](NC(=O)[C@H](CO)NC(=O)[C@H](Cc1ccccc1)NC(=O)CNC(=O)[C@@H]1CCCN1C(=O)[C@@H]1CCCN1C(=O)[C@@H](N)CCCNC(=N)N)C(=O)N[C@@H](Cc1ccccc1)C(=O)N[C@@H](CCCCNc1ccc([N+](=O)[O-])cc1[N+](=O)[O-])C(=O)O. The number of likely N-dealkylation sites (tertiary alicyclic amines) is 2. The number of nitro groups is 2. The van der Waals surface area contributed by atoms with Crippen LogP contribution in [0.15, 0.2) is 78.9 Å². The number of aliphatic carboxylic acids is 1. The fourth-order valence-electron chi connectivity index (χ4n) is 9.61. The number of benzene rings is 3. The second-order valence-electron chi connectivity index (χ2n) is 20.3. The Morgan fingerprint density at radius 1 is 0.679 bits per heavy atom. The number of rotatable bonds is 32. The minimum Gasteiger partial charge on any atom is -0.480 e. The largest absolute Gasteiger partial charge is 0.480 e. The number of carbonyl (C=O) groups excluding carboxylic acids is 8. The summed E-state index contributed by atoms with van der Waals surface area (Å²) in [6, 6.07) is 9.90. The number of carboxylic acid groups (broad SMARTS) is 1. The van der Waals surface area contributed by atoms with Crippen LogP contribution in [0.4, 0.5) is 17.1 Å². The molecule has 0 radical (unpaired) electrons. The van der Waals surface area contributed by atoms with Crippen LogP contribution in [0.3, 0.4) is 0 Å². The highest BCUT2D eigenvalue weighted by atomic mass is 16.6. The van der Waals surface area contributed by atoms with E-state index in [0.717, 1.165) is 12.1 Å². The van der Waals surface area contributed by atoms with E-state index in [9.17, 15) is 73.6 Å². The number of hydrogen-bond donors (Lipinski definition) is 13. The van der Waals surface area contributed by atoms with Crippen LogP contribution >= 0.6 is 0 Å². The third kappa shape index (κ3) is 19.7. The summed E-state index contributed by atoms with van der Waals surface area (Å²) in [6.45, 7) is 0.626. The highest BCUT2D eigenvalue weighted by Gasteiger charge is 2.43. The monoisotopic (exact) mass is 1170 g/mol. The van der Waals surface area contributed by atoms with E-state index in [2.05, 4.69) is 42.5 Å². The average molecular weight is 1170 g/mol.